The van der Waals surface area contributed by atoms with Crippen LogP contribution in [0.5, 0.6) is 0 Å². The van der Waals surface area contributed by atoms with Crippen LogP contribution in [-0.4, -0.2) is 37.5 Å². The first-order valence-electron chi connectivity index (χ1n) is 5.13. The van der Waals surface area contributed by atoms with Crippen molar-refractivity contribution in [2.75, 3.05) is 19.6 Å². The molecule has 0 aliphatic carbocycles. The normalized spacial score (nSPS) is 24.5. The largest absolute Gasteiger partial charge is 0.354 e. The van der Waals surface area contributed by atoms with Crippen molar-refractivity contribution >= 4 is 11.8 Å². The zero-order valence-electron chi connectivity index (χ0n) is 8.72. The lowest BCUT2D eigenvalue weighted by molar-refractivity contribution is -0.119. The summed E-state index contributed by atoms with van der Waals surface area (Å²) in [5.41, 5.74) is 1.94. The summed E-state index contributed by atoms with van der Waals surface area (Å²) in [5.74, 6) is -0.0380. The van der Waals surface area contributed by atoms with Gasteiger partial charge in [0, 0.05) is 31.6 Å². The third kappa shape index (κ3) is 2.18. The number of hydrogen-bond acceptors (Lipinski definition) is 3. The molecule has 2 fully saturated rings. The fourth-order valence-electron chi connectivity index (χ4n) is 1.68. The smallest absolute Gasteiger partial charge is 0.247 e. The van der Waals surface area contributed by atoms with Crippen molar-refractivity contribution in [1.29, 1.82) is 0 Å². The Labute approximate surface area is 88.3 Å². The van der Waals surface area contributed by atoms with Gasteiger partial charge in [-0.1, -0.05) is 0 Å². The van der Waals surface area contributed by atoms with E-state index in [4.69, 9.17) is 0 Å². The summed E-state index contributed by atoms with van der Waals surface area (Å²) in [7, 11) is 0. The highest BCUT2D eigenvalue weighted by atomic mass is 16.2. The Balaban J connectivity index is 1.89. The molecule has 82 valence electrons. The van der Waals surface area contributed by atoms with Crippen LogP contribution in [0.15, 0.2) is 11.1 Å². The van der Waals surface area contributed by atoms with Gasteiger partial charge < -0.3 is 16.0 Å². The average molecular weight is 209 g/mol. The number of hydrogen-bond donors (Lipinski definition) is 3. The molecule has 0 radical (unpaired) electrons. The van der Waals surface area contributed by atoms with Gasteiger partial charge >= 0.3 is 0 Å². The summed E-state index contributed by atoms with van der Waals surface area (Å²) in [6, 6.07) is -0.0476. The van der Waals surface area contributed by atoms with E-state index in [0.717, 1.165) is 24.2 Å². The molecule has 2 aliphatic rings. The first-order chi connectivity index (χ1) is 7.16. The Hall–Kier alpha value is -1.36. The lowest BCUT2D eigenvalue weighted by Crippen LogP contribution is -2.41. The molecular formula is C10H15N3O2. The molecule has 5 nitrogen and oxygen atoms in total. The summed E-state index contributed by atoms with van der Waals surface area (Å²) in [6.07, 6.45) is 0.395. The van der Waals surface area contributed by atoms with E-state index < -0.39 is 0 Å². The Morgan fingerprint density at radius 1 is 1.47 bits per heavy atom. The number of nitrogens with one attached hydrogen (secondary N) is 3. The summed E-state index contributed by atoms with van der Waals surface area (Å²) in [5, 5.41) is 8.63. The molecule has 0 bridgehead atoms. The number of carbonyl (C=O) groups is 2. The zero-order valence-corrected chi connectivity index (χ0v) is 8.72. The van der Waals surface area contributed by atoms with Gasteiger partial charge in [-0.3, -0.25) is 9.59 Å². The average Bonchev–Trinajstić information content (AvgIpc) is 2.48. The number of amides is 2. The van der Waals surface area contributed by atoms with Gasteiger partial charge in [-0.25, -0.2) is 0 Å². The van der Waals surface area contributed by atoms with Gasteiger partial charge in [-0.15, -0.1) is 0 Å². The molecule has 1 atom stereocenters. The van der Waals surface area contributed by atoms with Crippen LogP contribution in [0.1, 0.15) is 13.3 Å². The van der Waals surface area contributed by atoms with Crippen molar-refractivity contribution < 1.29 is 9.59 Å². The van der Waals surface area contributed by atoms with Gasteiger partial charge in [0.2, 0.25) is 11.8 Å². The highest BCUT2D eigenvalue weighted by Gasteiger charge is 2.24. The molecule has 2 heterocycles. The molecule has 2 rings (SSSR count). The third-order valence-electron chi connectivity index (χ3n) is 2.86. The van der Waals surface area contributed by atoms with E-state index in [1.165, 1.54) is 0 Å². The van der Waals surface area contributed by atoms with Crippen LogP contribution >= 0.6 is 0 Å². The zero-order chi connectivity index (χ0) is 10.8. The second-order valence-corrected chi connectivity index (χ2v) is 4.01. The molecule has 0 spiro atoms. The van der Waals surface area contributed by atoms with Crippen LogP contribution in [0.25, 0.3) is 0 Å². The van der Waals surface area contributed by atoms with Crippen molar-refractivity contribution in [1.82, 2.24) is 16.0 Å². The van der Waals surface area contributed by atoms with Crippen LogP contribution in [0.3, 0.4) is 0 Å². The van der Waals surface area contributed by atoms with Gasteiger partial charge in [0.05, 0.1) is 6.04 Å². The first kappa shape index (κ1) is 10.2. The monoisotopic (exact) mass is 209 g/mol. The first-order valence-corrected chi connectivity index (χ1v) is 5.13. The molecule has 3 N–H and O–H groups in total. The van der Waals surface area contributed by atoms with E-state index in [-0.39, 0.29) is 17.9 Å². The van der Waals surface area contributed by atoms with E-state index in [0.29, 0.717) is 13.0 Å². The molecule has 2 aliphatic heterocycles. The Morgan fingerprint density at radius 3 is 2.67 bits per heavy atom. The molecule has 15 heavy (non-hydrogen) atoms. The highest BCUT2D eigenvalue weighted by Crippen LogP contribution is 2.09. The second kappa shape index (κ2) is 4.02. The van der Waals surface area contributed by atoms with Crippen LogP contribution in [-0.2, 0) is 9.59 Å². The molecule has 0 saturated carbocycles. The molecule has 0 aromatic carbocycles. The molecule has 2 amide bonds. The van der Waals surface area contributed by atoms with Crippen molar-refractivity contribution in [2.24, 2.45) is 0 Å². The molecule has 2 saturated heterocycles. The Kier molecular flexibility index (Phi) is 2.73. The minimum Gasteiger partial charge on any atom is -0.354 e. The third-order valence-corrected chi connectivity index (χ3v) is 2.86. The quantitative estimate of drug-likeness (QED) is 0.506. The summed E-state index contributed by atoms with van der Waals surface area (Å²) >= 11 is 0. The molecule has 0 aromatic heterocycles. The lowest BCUT2D eigenvalue weighted by atomic mass is 10.0. The van der Waals surface area contributed by atoms with Crippen LogP contribution in [0.4, 0.5) is 0 Å². The molecule has 5 heteroatoms. The minimum atomic E-state index is -0.0481. The predicted molar refractivity (Wildman–Crippen MR) is 55.1 cm³/mol. The maximum absolute atomic E-state index is 11.7. The minimum absolute atomic E-state index is 0.0101. The summed E-state index contributed by atoms with van der Waals surface area (Å²) in [6.45, 7) is 3.99. The fraction of sp³-hybridized carbons (Fsp3) is 0.600. The summed E-state index contributed by atoms with van der Waals surface area (Å²) in [4.78, 5) is 22.6. The summed E-state index contributed by atoms with van der Waals surface area (Å²) < 4.78 is 0. The van der Waals surface area contributed by atoms with Crippen LogP contribution < -0.4 is 16.0 Å². The highest BCUT2D eigenvalue weighted by molar-refractivity contribution is 5.94. The van der Waals surface area contributed by atoms with Crippen molar-refractivity contribution in [3.63, 3.8) is 0 Å². The van der Waals surface area contributed by atoms with Gasteiger partial charge in [0.1, 0.15) is 0 Å². The van der Waals surface area contributed by atoms with E-state index in [2.05, 4.69) is 16.0 Å². The van der Waals surface area contributed by atoms with Gasteiger partial charge in [-0.05, 0) is 12.5 Å². The fourth-order valence-corrected chi connectivity index (χ4v) is 1.68. The molecular weight excluding hydrogens is 194 g/mol. The maximum Gasteiger partial charge on any atom is 0.247 e. The predicted octanol–water partition coefficient (Wildman–Crippen LogP) is -1.09. The maximum atomic E-state index is 11.7. The lowest BCUT2D eigenvalue weighted by Gasteiger charge is -2.22. The van der Waals surface area contributed by atoms with Crippen LogP contribution in [0.2, 0.25) is 0 Å². The van der Waals surface area contributed by atoms with Crippen molar-refractivity contribution in [3.05, 3.63) is 11.1 Å². The van der Waals surface area contributed by atoms with E-state index >= 15 is 0 Å². The van der Waals surface area contributed by atoms with Gasteiger partial charge in [0.15, 0.2) is 0 Å². The standard InChI is InChI=1S/C10H15N3O2/c1-6(7-3-11-4-7)10(15)13-8-2-9(14)12-5-8/h8,11H,2-5H2,1H3,(H,12,14)(H,13,15). The SMILES string of the molecule is CC(C(=O)NC1CNC(=O)C1)=C1CNC1. The topological polar surface area (TPSA) is 70.2 Å². The number of carbonyl (C=O) groups excluding carboxylic acids is 2. The van der Waals surface area contributed by atoms with Crippen molar-refractivity contribution in [3.8, 4) is 0 Å². The van der Waals surface area contributed by atoms with Crippen molar-refractivity contribution in [2.45, 2.75) is 19.4 Å². The Morgan fingerprint density at radius 2 is 2.20 bits per heavy atom. The van der Waals surface area contributed by atoms with E-state index in [9.17, 15) is 9.59 Å². The van der Waals surface area contributed by atoms with E-state index in [1.54, 1.807) is 0 Å². The molecule has 0 aromatic rings. The van der Waals surface area contributed by atoms with Gasteiger partial charge in [0.25, 0.3) is 0 Å². The number of rotatable bonds is 2. The van der Waals surface area contributed by atoms with E-state index in [1.807, 2.05) is 6.92 Å². The Bertz CT molecular complexity index is 330. The van der Waals surface area contributed by atoms with Crippen LogP contribution in [0, 0.1) is 0 Å². The van der Waals surface area contributed by atoms with Gasteiger partial charge in [-0.2, -0.15) is 0 Å². The second-order valence-electron chi connectivity index (χ2n) is 4.01. The molecule has 1 unspecified atom stereocenters.